The van der Waals surface area contributed by atoms with Gasteiger partial charge in [0.1, 0.15) is 0 Å². The molecule has 1 fully saturated rings. The molecular weight excluding hydrogens is 292 g/mol. The van der Waals surface area contributed by atoms with Gasteiger partial charge >= 0.3 is 11.9 Å². The minimum atomic E-state index is -0.466. The third kappa shape index (κ3) is 5.38. The van der Waals surface area contributed by atoms with E-state index in [1.165, 1.54) is 32.1 Å². The Morgan fingerprint density at radius 2 is 1.52 bits per heavy atom. The third-order valence-corrected chi connectivity index (χ3v) is 4.29. The Morgan fingerprint density at radius 1 is 0.957 bits per heavy atom. The molecule has 1 aliphatic rings. The molecule has 0 aliphatic heterocycles. The van der Waals surface area contributed by atoms with Gasteiger partial charge < -0.3 is 9.47 Å². The number of esters is 2. The molecule has 0 radical (unpaired) electrons. The SMILES string of the molecule is CCCOC(=O)c1ccccc1C(=O)OCCC1CCCCC1. The molecule has 0 atom stereocenters. The van der Waals surface area contributed by atoms with E-state index >= 15 is 0 Å². The van der Waals surface area contributed by atoms with Gasteiger partial charge in [-0.2, -0.15) is 0 Å². The molecule has 4 heteroatoms. The molecule has 0 amide bonds. The maximum absolute atomic E-state index is 12.3. The summed E-state index contributed by atoms with van der Waals surface area (Å²) in [6.45, 7) is 2.70. The fourth-order valence-corrected chi connectivity index (χ4v) is 2.98. The van der Waals surface area contributed by atoms with E-state index in [0.29, 0.717) is 19.1 Å². The van der Waals surface area contributed by atoms with Gasteiger partial charge in [-0.3, -0.25) is 0 Å². The molecule has 0 spiro atoms. The zero-order chi connectivity index (χ0) is 16.5. The molecular formula is C19H26O4. The largest absolute Gasteiger partial charge is 0.462 e. The summed E-state index contributed by atoms with van der Waals surface area (Å²) in [5.41, 5.74) is 0.570. The van der Waals surface area contributed by atoms with Crippen LogP contribution in [0, 0.1) is 5.92 Å². The lowest BCUT2D eigenvalue weighted by Gasteiger charge is -2.21. The van der Waals surface area contributed by atoms with E-state index in [2.05, 4.69) is 0 Å². The lowest BCUT2D eigenvalue weighted by Crippen LogP contribution is -2.16. The molecule has 4 nitrogen and oxygen atoms in total. The van der Waals surface area contributed by atoms with E-state index in [4.69, 9.17) is 9.47 Å². The van der Waals surface area contributed by atoms with Gasteiger partial charge in [0, 0.05) is 0 Å². The topological polar surface area (TPSA) is 52.6 Å². The van der Waals surface area contributed by atoms with Gasteiger partial charge in [-0.25, -0.2) is 9.59 Å². The highest BCUT2D eigenvalue weighted by atomic mass is 16.5. The van der Waals surface area contributed by atoms with Crippen LogP contribution >= 0.6 is 0 Å². The summed E-state index contributed by atoms with van der Waals surface area (Å²) in [5, 5.41) is 0. The van der Waals surface area contributed by atoms with Crippen LogP contribution in [-0.2, 0) is 9.47 Å². The minimum absolute atomic E-state index is 0.281. The van der Waals surface area contributed by atoms with Crippen molar-refractivity contribution in [3.05, 3.63) is 35.4 Å². The molecule has 1 aromatic carbocycles. The number of hydrogen-bond donors (Lipinski definition) is 0. The van der Waals surface area contributed by atoms with E-state index in [0.717, 1.165) is 12.8 Å². The second-order valence-corrected chi connectivity index (χ2v) is 6.11. The van der Waals surface area contributed by atoms with Crippen LogP contribution in [-0.4, -0.2) is 25.2 Å². The Morgan fingerprint density at radius 3 is 2.09 bits per heavy atom. The first-order chi connectivity index (χ1) is 11.2. The van der Waals surface area contributed by atoms with Crippen LogP contribution in [0.1, 0.15) is 72.6 Å². The summed E-state index contributed by atoms with van der Waals surface area (Å²) < 4.78 is 10.5. The van der Waals surface area contributed by atoms with Gasteiger partial charge in [-0.1, -0.05) is 51.2 Å². The van der Waals surface area contributed by atoms with Crippen molar-refractivity contribution in [2.75, 3.05) is 13.2 Å². The molecule has 0 saturated heterocycles. The van der Waals surface area contributed by atoms with Gasteiger partial charge in [0.25, 0.3) is 0 Å². The highest BCUT2D eigenvalue weighted by molar-refractivity contribution is 6.03. The number of hydrogen-bond acceptors (Lipinski definition) is 4. The molecule has 1 aliphatic carbocycles. The number of ether oxygens (including phenoxy) is 2. The fourth-order valence-electron chi connectivity index (χ4n) is 2.98. The highest BCUT2D eigenvalue weighted by Crippen LogP contribution is 2.26. The Kier molecular flexibility index (Phi) is 7.11. The second-order valence-electron chi connectivity index (χ2n) is 6.11. The average molecular weight is 318 g/mol. The Labute approximate surface area is 138 Å². The van der Waals surface area contributed by atoms with E-state index < -0.39 is 11.9 Å². The van der Waals surface area contributed by atoms with E-state index in [9.17, 15) is 9.59 Å². The van der Waals surface area contributed by atoms with Crippen molar-refractivity contribution >= 4 is 11.9 Å². The van der Waals surface area contributed by atoms with Crippen LogP contribution in [0.15, 0.2) is 24.3 Å². The zero-order valence-electron chi connectivity index (χ0n) is 13.9. The van der Waals surface area contributed by atoms with Crippen molar-refractivity contribution in [3.63, 3.8) is 0 Å². The first-order valence-corrected chi connectivity index (χ1v) is 8.65. The predicted octanol–water partition coefficient (Wildman–Crippen LogP) is 4.38. The van der Waals surface area contributed by atoms with Crippen LogP contribution < -0.4 is 0 Å². The van der Waals surface area contributed by atoms with Gasteiger partial charge in [0.15, 0.2) is 0 Å². The lowest BCUT2D eigenvalue weighted by atomic mass is 9.87. The van der Waals surface area contributed by atoms with Crippen LogP contribution in [0.3, 0.4) is 0 Å². The van der Waals surface area contributed by atoms with Crippen molar-refractivity contribution in [3.8, 4) is 0 Å². The van der Waals surface area contributed by atoms with Gasteiger partial charge in [-0.05, 0) is 30.9 Å². The Balaban J connectivity index is 1.89. The maximum Gasteiger partial charge on any atom is 0.339 e. The number of benzene rings is 1. The second kappa shape index (κ2) is 9.33. The Bertz CT molecular complexity index is 518. The van der Waals surface area contributed by atoms with E-state index in [-0.39, 0.29) is 11.1 Å². The van der Waals surface area contributed by atoms with Crippen LogP contribution in [0.25, 0.3) is 0 Å². The molecule has 0 heterocycles. The fraction of sp³-hybridized carbons (Fsp3) is 0.579. The number of rotatable bonds is 7. The summed E-state index contributed by atoms with van der Waals surface area (Å²) in [4.78, 5) is 24.3. The van der Waals surface area contributed by atoms with Crippen molar-refractivity contribution in [1.82, 2.24) is 0 Å². The lowest BCUT2D eigenvalue weighted by molar-refractivity contribution is 0.0440. The smallest absolute Gasteiger partial charge is 0.339 e. The Hall–Kier alpha value is -1.84. The third-order valence-electron chi connectivity index (χ3n) is 4.29. The average Bonchev–Trinajstić information content (AvgIpc) is 2.60. The molecule has 2 rings (SSSR count). The van der Waals surface area contributed by atoms with Crippen LogP contribution in [0.5, 0.6) is 0 Å². The van der Waals surface area contributed by atoms with Gasteiger partial charge in [0.2, 0.25) is 0 Å². The van der Waals surface area contributed by atoms with Crippen LogP contribution in [0.4, 0.5) is 0 Å². The molecule has 0 unspecified atom stereocenters. The van der Waals surface area contributed by atoms with E-state index in [1.54, 1.807) is 24.3 Å². The molecule has 1 aromatic rings. The first-order valence-electron chi connectivity index (χ1n) is 8.65. The summed E-state index contributed by atoms with van der Waals surface area (Å²) >= 11 is 0. The zero-order valence-corrected chi connectivity index (χ0v) is 13.9. The maximum atomic E-state index is 12.3. The standard InChI is InChI=1S/C19H26O4/c1-2-13-22-18(20)16-10-6-7-11-17(16)19(21)23-14-12-15-8-4-3-5-9-15/h6-7,10-11,15H,2-5,8-9,12-14H2,1H3. The van der Waals surface area contributed by atoms with E-state index in [1.807, 2.05) is 6.92 Å². The number of carbonyl (C=O) groups excluding carboxylic acids is 2. The number of carbonyl (C=O) groups is 2. The first kappa shape index (κ1) is 17.5. The normalized spacial score (nSPS) is 15.2. The highest BCUT2D eigenvalue weighted by Gasteiger charge is 2.19. The summed E-state index contributed by atoms with van der Waals surface area (Å²) in [6.07, 6.45) is 8.02. The van der Waals surface area contributed by atoms with Crippen molar-refractivity contribution in [2.24, 2.45) is 5.92 Å². The van der Waals surface area contributed by atoms with Crippen LogP contribution in [0.2, 0.25) is 0 Å². The molecule has 0 bridgehead atoms. The minimum Gasteiger partial charge on any atom is -0.462 e. The molecule has 1 saturated carbocycles. The van der Waals surface area contributed by atoms with Crippen molar-refractivity contribution < 1.29 is 19.1 Å². The molecule has 0 N–H and O–H groups in total. The quantitative estimate of drug-likeness (QED) is 0.700. The van der Waals surface area contributed by atoms with Crippen molar-refractivity contribution in [2.45, 2.75) is 51.9 Å². The van der Waals surface area contributed by atoms with Gasteiger partial charge in [0.05, 0.1) is 24.3 Å². The molecule has 126 valence electrons. The predicted molar refractivity (Wildman–Crippen MR) is 88.5 cm³/mol. The molecule has 23 heavy (non-hydrogen) atoms. The molecule has 0 aromatic heterocycles. The summed E-state index contributed by atoms with van der Waals surface area (Å²) in [6, 6.07) is 6.68. The monoisotopic (exact) mass is 318 g/mol. The van der Waals surface area contributed by atoms with Gasteiger partial charge in [-0.15, -0.1) is 0 Å². The summed E-state index contributed by atoms with van der Waals surface area (Å²) in [5.74, 6) is -0.238. The van der Waals surface area contributed by atoms with Crippen molar-refractivity contribution in [1.29, 1.82) is 0 Å². The summed E-state index contributed by atoms with van der Waals surface area (Å²) in [7, 11) is 0.